The van der Waals surface area contributed by atoms with Gasteiger partial charge >= 0.3 is 0 Å². The molecule has 7 heteroatoms. The van der Waals surface area contributed by atoms with Gasteiger partial charge in [0.15, 0.2) is 0 Å². The van der Waals surface area contributed by atoms with Gasteiger partial charge in [0.1, 0.15) is 4.21 Å². The molecular formula is C9H13BrN2O2S2. The van der Waals surface area contributed by atoms with E-state index < -0.39 is 10.0 Å². The molecule has 1 aromatic heterocycles. The quantitative estimate of drug-likeness (QED) is 0.884. The third kappa shape index (κ3) is 2.48. The molecule has 1 saturated carbocycles. The molecule has 0 atom stereocenters. The average molecular weight is 325 g/mol. The van der Waals surface area contributed by atoms with Crippen LogP contribution in [0.25, 0.3) is 0 Å². The van der Waals surface area contributed by atoms with E-state index in [-0.39, 0.29) is 5.54 Å². The van der Waals surface area contributed by atoms with Crippen molar-refractivity contribution in [1.82, 2.24) is 4.72 Å². The number of halogens is 1. The summed E-state index contributed by atoms with van der Waals surface area (Å²) in [6, 6.07) is 1.72. The predicted molar refractivity (Wildman–Crippen MR) is 68.0 cm³/mol. The van der Waals surface area contributed by atoms with E-state index in [9.17, 15) is 8.42 Å². The predicted octanol–water partition coefficient (Wildman–Crippen LogP) is 1.67. The molecule has 1 fully saturated rings. The molecule has 0 saturated heterocycles. The Balaban J connectivity index is 2.06. The monoisotopic (exact) mass is 324 g/mol. The van der Waals surface area contributed by atoms with Crippen molar-refractivity contribution in [2.24, 2.45) is 5.73 Å². The number of nitrogens with one attached hydrogen (secondary N) is 1. The third-order valence-corrected chi connectivity index (χ3v) is 6.86. The second-order valence-electron chi connectivity index (χ2n) is 4.10. The van der Waals surface area contributed by atoms with Gasteiger partial charge < -0.3 is 5.73 Å². The molecule has 0 bridgehead atoms. The summed E-state index contributed by atoms with van der Waals surface area (Å²) in [7, 11) is -3.42. The first-order valence-electron chi connectivity index (χ1n) is 4.95. The molecule has 0 radical (unpaired) electrons. The van der Waals surface area contributed by atoms with Gasteiger partial charge in [-0.2, -0.15) is 0 Å². The van der Waals surface area contributed by atoms with Gasteiger partial charge in [0, 0.05) is 16.6 Å². The van der Waals surface area contributed by atoms with Crippen molar-refractivity contribution in [1.29, 1.82) is 0 Å². The summed E-state index contributed by atoms with van der Waals surface area (Å²) < 4.78 is 27.3. The molecule has 90 valence electrons. The topological polar surface area (TPSA) is 72.2 Å². The molecule has 4 nitrogen and oxygen atoms in total. The Bertz CT molecular complexity index is 479. The van der Waals surface area contributed by atoms with Crippen molar-refractivity contribution in [2.45, 2.75) is 29.0 Å². The number of sulfonamides is 1. The molecular weight excluding hydrogens is 312 g/mol. The summed E-state index contributed by atoms with van der Waals surface area (Å²) in [4.78, 5) is 0. The van der Waals surface area contributed by atoms with E-state index >= 15 is 0 Å². The molecule has 1 aliphatic rings. The SMILES string of the molecule is NC1(CNS(=O)(=O)c2sccc2Br)CCC1. The van der Waals surface area contributed by atoms with E-state index in [4.69, 9.17) is 5.73 Å². The molecule has 0 spiro atoms. The van der Waals surface area contributed by atoms with Crippen LogP contribution in [0.15, 0.2) is 20.1 Å². The van der Waals surface area contributed by atoms with Gasteiger partial charge in [-0.1, -0.05) is 0 Å². The molecule has 0 amide bonds. The summed E-state index contributed by atoms with van der Waals surface area (Å²) in [5, 5.41) is 1.74. The highest BCUT2D eigenvalue weighted by Crippen LogP contribution is 2.30. The van der Waals surface area contributed by atoms with Gasteiger partial charge in [-0.15, -0.1) is 11.3 Å². The van der Waals surface area contributed by atoms with Crippen LogP contribution in [0.4, 0.5) is 0 Å². The number of nitrogens with two attached hydrogens (primary N) is 1. The molecule has 3 N–H and O–H groups in total. The molecule has 16 heavy (non-hydrogen) atoms. The van der Waals surface area contributed by atoms with Crippen LogP contribution in [0.5, 0.6) is 0 Å². The lowest BCUT2D eigenvalue weighted by molar-refractivity contribution is 0.251. The third-order valence-electron chi connectivity index (χ3n) is 2.79. The molecule has 1 aliphatic carbocycles. The van der Waals surface area contributed by atoms with E-state index in [1.165, 1.54) is 11.3 Å². The number of thiophene rings is 1. The van der Waals surface area contributed by atoms with Crippen LogP contribution in [-0.4, -0.2) is 20.5 Å². The number of hydrogen-bond donors (Lipinski definition) is 2. The Morgan fingerprint density at radius 1 is 1.56 bits per heavy atom. The summed E-state index contributed by atoms with van der Waals surface area (Å²) in [6.45, 7) is 0.319. The van der Waals surface area contributed by atoms with Gasteiger partial charge in [0.05, 0.1) is 0 Å². The van der Waals surface area contributed by atoms with Crippen LogP contribution in [0.2, 0.25) is 0 Å². The Hall–Kier alpha value is 0.0500. The van der Waals surface area contributed by atoms with Gasteiger partial charge in [-0.05, 0) is 46.6 Å². The zero-order chi connectivity index (χ0) is 11.8. The van der Waals surface area contributed by atoms with Gasteiger partial charge in [0.25, 0.3) is 10.0 Å². The van der Waals surface area contributed by atoms with Crippen LogP contribution < -0.4 is 10.5 Å². The maximum atomic E-state index is 11.9. The Morgan fingerprint density at radius 2 is 2.25 bits per heavy atom. The van der Waals surface area contributed by atoms with E-state index in [1.54, 1.807) is 11.4 Å². The van der Waals surface area contributed by atoms with Crippen molar-refractivity contribution in [3.8, 4) is 0 Å². The fraction of sp³-hybridized carbons (Fsp3) is 0.556. The maximum absolute atomic E-state index is 11.9. The molecule has 1 aromatic rings. The zero-order valence-corrected chi connectivity index (χ0v) is 11.8. The number of rotatable bonds is 4. The van der Waals surface area contributed by atoms with E-state index in [0.29, 0.717) is 15.2 Å². The summed E-state index contributed by atoms with van der Waals surface area (Å²) in [5.74, 6) is 0. The Labute approximate surface area is 107 Å². The van der Waals surface area contributed by atoms with E-state index in [2.05, 4.69) is 20.7 Å². The van der Waals surface area contributed by atoms with Crippen molar-refractivity contribution in [2.75, 3.05) is 6.54 Å². The smallest absolute Gasteiger partial charge is 0.251 e. The van der Waals surface area contributed by atoms with E-state index in [0.717, 1.165) is 19.3 Å². The molecule has 1 heterocycles. The van der Waals surface area contributed by atoms with Crippen LogP contribution >= 0.6 is 27.3 Å². The lowest BCUT2D eigenvalue weighted by Gasteiger charge is -2.37. The van der Waals surface area contributed by atoms with Gasteiger partial charge in [-0.3, -0.25) is 0 Å². The molecule has 2 rings (SSSR count). The molecule has 0 unspecified atom stereocenters. The maximum Gasteiger partial charge on any atom is 0.251 e. The average Bonchev–Trinajstić information content (AvgIpc) is 2.59. The minimum absolute atomic E-state index is 0.315. The molecule has 0 aromatic carbocycles. The Kier molecular flexibility index (Phi) is 3.42. The lowest BCUT2D eigenvalue weighted by Crippen LogP contribution is -2.54. The second-order valence-corrected chi connectivity index (χ2v) is 7.83. The number of hydrogen-bond acceptors (Lipinski definition) is 4. The van der Waals surface area contributed by atoms with Crippen molar-refractivity contribution >= 4 is 37.3 Å². The van der Waals surface area contributed by atoms with Crippen LogP contribution in [0, 0.1) is 0 Å². The highest BCUT2D eigenvalue weighted by Gasteiger charge is 2.34. The fourth-order valence-electron chi connectivity index (χ4n) is 1.58. The highest BCUT2D eigenvalue weighted by molar-refractivity contribution is 9.10. The van der Waals surface area contributed by atoms with Gasteiger partial charge in [0.2, 0.25) is 0 Å². The van der Waals surface area contributed by atoms with E-state index in [1.807, 2.05) is 0 Å². The van der Waals surface area contributed by atoms with Gasteiger partial charge in [-0.25, -0.2) is 13.1 Å². The van der Waals surface area contributed by atoms with Crippen LogP contribution in [0.3, 0.4) is 0 Å². The minimum atomic E-state index is -3.42. The van der Waals surface area contributed by atoms with Crippen molar-refractivity contribution in [3.05, 3.63) is 15.9 Å². The summed E-state index contributed by atoms with van der Waals surface area (Å²) in [6.07, 6.45) is 2.86. The first-order chi connectivity index (χ1) is 7.43. The second kappa shape index (κ2) is 4.38. The van der Waals surface area contributed by atoms with Crippen LogP contribution in [0.1, 0.15) is 19.3 Å². The van der Waals surface area contributed by atoms with Crippen molar-refractivity contribution < 1.29 is 8.42 Å². The summed E-state index contributed by atoms with van der Waals surface area (Å²) in [5.41, 5.74) is 5.63. The summed E-state index contributed by atoms with van der Waals surface area (Å²) >= 11 is 4.41. The highest BCUT2D eigenvalue weighted by atomic mass is 79.9. The zero-order valence-electron chi connectivity index (χ0n) is 8.57. The molecule has 0 aliphatic heterocycles. The first-order valence-corrected chi connectivity index (χ1v) is 8.10. The lowest BCUT2D eigenvalue weighted by atomic mass is 9.78. The normalized spacial score (nSPS) is 19.4. The minimum Gasteiger partial charge on any atom is -0.324 e. The standard InChI is InChI=1S/C9H13BrN2O2S2/c10-7-2-5-15-8(7)16(13,14)12-6-9(11)3-1-4-9/h2,5,12H,1,3-4,6,11H2. The van der Waals surface area contributed by atoms with Crippen molar-refractivity contribution in [3.63, 3.8) is 0 Å². The Morgan fingerprint density at radius 3 is 2.69 bits per heavy atom. The largest absolute Gasteiger partial charge is 0.324 e. The first kappa shape index (κ1) is 12.5. The fourth-order valence-corrected chi connectivity index (χ4v) is 5.10. The van der Waals surface area contributed by atoms with Crippen LogP contribution in [-0.2, 0) is 10.0 Å².